The molecule has 5 amide bonds. The van der Waals surface area contributed by atoms with Gasteiger partial charge in [0.25, 0.3) is 0 Å². The van der Waals surface area contributed by atoms with Crippen LogP contribution in [0.2, 0.25) is 0 Å². The number of carbonyl (C=O) groups excluding carboxylic acids is 5. The molecule has 9 heterocycles. The summed E-state index contributed by atoms with van der Waals surface area (Å²) in [4.78, 5) is 64.8. The highest BCUT2D eigenvalue weighted by Gasteiger charge is 2.62. The van der Waals surface area contributed by atoms with Crippen LogP contribution < -0.4 is 26.6 Å². The van der Waals surface area contributed by atoms with Gasteiger partial charge in [-0.05, 0) is 6.92 Å². The van der Waals surface area contributed by atoms with Gasteiger partial charge in [0.1, 0.15) is 232 Å². The van der Waals surface area contributed by atoms with E-state index in [9.17, 15) is 162 Å². The van der Waals surface area contributed by atoms with Crippen LogP contribution in [0, 0.1) is 0 Å². The van der Waals surface area contributed by atoms with Gasteiger partial charge in [-0.25, -0.2) is 0 Å². The van der Waals surface area contributed by atoms with Gasteiger partial charge in [-0.2, -0.15) is 0 Å². The molecule has 49 atom stereocenters. The highest BCUT2D eigenvalue weighted by molar-refractivity contribution is 5.75. The van der Waals surface area contributed by atoms with E-state index in [1.807, 2.05) is 0 Å². The monoisotopic (exact) mass is 1830 g/mol. The highest BCUT2D eigenvalue weighted by atomic mass is 16.8. The van der Waals surface area contributed by atoms with Crippen molar-refractivity contribution in [1.29, 1.82) is 0 Å². The lowest BCUT2D eigenvalue weighted by Gasteiger charge is -2.52. The van der Waals surface area contributed by atoms with E-state index in [-0.39, 0.29) is 0 Å². The second kappa shape index (κ2) is 46.3. The van der Waals surface area contributed by atoms with Gasteiger partial charge in [0, 0.05) is 34.6 Å². The quantitative estimate of drug-likeness (QED) is 0.0277. The smallest absolute Gasteiger partial charge is 0.217 e. The Morgan fingerprint density at radius 1 is 0.296 bits per heavy atom. The van der Waals surface area contributed by atoms with Crippen molar-refractivity contribution in [2.75, 3.05) is 66.1 Å². The Hall–Kier alpha value is -4.45. The maximum absolute atomic E-state index is 13.4. The Morgan fingerprint density at radius 3 is 1.06 bits per heavy atom. The van der Waals surface area contributed by atoms with Crippen molar-refractivity contribution in [3.63, 3.8) is 0 Å². The number of aliphatic hydroxyl groups excluding tert-OH is 27. The standard InChI is InChI=1S/C70H119N5O50/c1-17-37(90)48(101)52(105)66(110-17)108-15-24(89)55(38(91)23(7-76)71-18(2)84)119-64-35(74-21(5)87)46(99)57(31(14-83)116-64)121-68-54(107)59(123-70-61(51(104)43(96)29(12-81)115-70)125-65-36(75-22(6)88)47(100)56(30(13-82)117-65)120-67-53(106)49(102)41(94)27(10-79)113-67)58(122-62-33(72-19(3)85)44(97)39(92)25(8-77)111-62)32(118-68)16-109-69-60(50(103)42(95)28(11-80)114-69)124-63-34(73-20(4)86)45(98)40(93)26(9-78)112-63/h17,23-70,76-83,89-107H,7-16H2,1-6H3,(H,71,84)(H,72,85)(H,73,86)(H,74,87)(H,75,88)/t17-,23-,24+,25+,26+,27+,28+,29+,30+,31+,32+,33+,34+,35+,36+,37+,38+,39+,40+,41-,42+,43+,44+,45+,46+,47+,48+,49-,50-,51-,52-,53+,54-,55+,56+,57+,58+,59+,60-,61-,62?,63?,64?,65?,66?,67?,68?,69?,70?/m0/s1. The van der Waals surface area contributed by atoms with Gasteiger partial charge in [-0.15, -0.1) is 0 Å². The number of nitrogens with one attached hydrogen (secondary N) is 5. The highest BCUT2D eigenvalue weighted by Crippen LogP contribution is 2.41. The summed E-state index contributed by atoms with van der Waals surface area (Å²) in [6, 6.07) is -9.87. The van der Waals surface area contributed by atoms with Gasteiger partial charge < -0.3 is 250 Å². The first-order valence-electron chi connectivity index (χ1n) is 39.9. The van der Waals surface area contributed by atoms with Gasteiger partial charge >= 0.3 is 0 Å². The number of aliphatic hydroxyl groups is 27. The number of amides is 5. The van der Waals surface area contributed by atoms with Crippen LogP contribution in [0.5, 0.6) is 0 Å². The minimum absolute atomic E-state index is 0.869. The fraction of sp³-hybridized carbons (Fsp3) is 0.929. The molecule has 0 bridgehead atoms. The van der Waals surface area contributed by atoms with E-state index in [1.54, 1.807) is 0 Å². The lowest BCUT2D eigenvalue weighted by Crippen LogP contribution is -2.71. The van der Waals surface area contributed by atoms with Crippen LogP contribution >= 0.6 is 0 Å². The fourth-order valence-electron chi connectivity index (χ4n) is 15.8. The van der Waals surface area contributed by atoms with Crippen LogP contribution in [0.25, 0.3) is 0 Å². The molecule has 0 aliphatic carbocycles. The summed E-state index contributed by atoms with van der Waals surface area (Å²) in [5.74, 6) is -4.88. The molecule has 0 saturated carbocycles. The molecule has 55 heteroatoms. The summed E-state index contributed by atoms with van der Waals surface area (Å²) in [7, 11) is 0. The molecule has 125 heavy (non-hydrogen) atoms. The zero-order chi connectivity index (χ0) is 92.5. The molecule has 0 aromatic carbocycles. The van der Waals surface area contributed by atoms with E-state index < -0.39 is 396 Å². The molecule has 9 fully saturated rings. The molecule has 0 spiro atoms. The summed E-state index contributed by atoms with van der Waals surface area (Å²) in [6.45, 7) is -5.96. The largest absolute Gasteiger partial charge is 0.394 e. The first-order chi connectivity index (χ1) is 59.0. The molecule has 55 nitrogen and oxygen atoms in total. The number of hydrogen-bond acceptors (Lipinski definition) is 50. The Bertz CT molecular complexity index is 3370. The third-order valence-corrected chi connectivity index (χ3v) is 22.5. The van der Waals surface area contributed by atoms with Gasteiger partial charge in [-0.1, -0.05) is 0 Å². The summed E-state index contributed by atoms with van der Waals surface area (Å²) in [6.07, 6.45) is -95.6. The Balaban J connectivity index is 1.17. The van der Waals surface area contributed by atoms with Crippen LogP contribution in [0.15, 0.2) is 0 Å². The topological polar surface area (TPSA) is 858 Å². The first-order valence-corrected chi connectivity index (χ1v) is 39.9. The zero-order valence-corrected chi connectivity index (χ0v) is 67.8. The minimum Gasteiger partial charge on any atom is -0.394 e. The van der Waals surface area contributed by atoms with E-state index in [0.29, 0.717) is 0 Å². The molecule has 9 unspecified atom stereocenters. The maximum atomic E-state index is 13.4. The van der Waals surface area contributed by atoms with Crippen LogP contribution in [0.3, 0.4) is 0 Å². The second-order valence-electron chi connectivity index (χ2n) is 31.5. The van der Waals surface area contributed by atoms with Crippen LogP contribution in [-0.4, -0.2) is 534 Å². The van der Waals surface area contributed by atoms with E-state index in [1.165, 1.54) is 6.92 Å². The van der Waals surface area contributed by atoms with Crippen LogP contribution in [0.4, 0.5) is 0 Å². The molecular weight excluding hydrogens is 1710 g/mol. The molecular formula is C70H119N5O50. The van der Waals surface area contributed by atoms with Gasteiger partial charge in [0.15, 0.2) is 56.6 Å². The van der Waals surface area contributed by atoms with Crippen molar-refractivity contribution in [1.82, 2.24) is 26.6 Å². The minimum atomic E-state index is -2.80. The maximum Gasteiger partial charge on any atom is 0.217 e. The number of carbonyl (C=O) groups is 5. The molecule has 9 aliphatic heterocycles. The second-order valence-corrected chi connectivity index (χ2v) is 31.5. The van der Waals surface area contributed by atoms with Crippen molar-refractivity contribution in [3.05, 3.63) is 0 Å². The normalized spacial score (nSPS) is 46.1. The summed E-state index contributed by atoms with van der Waals surface area (Å²) < 4.78 is 109. The van der Waals surface area contributed by atoms with Crippen LogP contribution in [0.1, 0.15) is 41.5 Å². The lowest BCUT2D eigenvalue weighted by molar-refractivity contribution is -0.408. The molecule has 0 radical (unpaired) electrons. The average molecular weight is 1830 g/mol. The predicted octanol–water partition coefficient (Wildman–Crippen LogP) is -21.4. The third kappa shape index (κ3) is 24.1. The van der Waals surface area contributed by atoms with Crippen molar-refractivity contribution in [2.45, 2.75) is 342 Å². The van der Waals surface area contributed by atoms with Crippen molar-refractivity contribution in [3.8, 4) is 0 Å². The molecule has 724 valence electrons. The Labute approximate surface area is 709 Å². The fourth-order valence-corrected chi connectivity index (χ4v) is 15.8. The summed E-state index contributed by atoms with van der Waals surface area (Å²) in [5, 5.41) is 315. The van der Waals surface area contributed by atoms with Gasteiger partial charge in [0.05, 0.1) is 78.2 Å². The molecule has 0 aromatic heterocycles. The molecule has 0 aromatic rings. The Kier molecular flexibility index (Phi) is 38.6. The number of ether oxygens (including phenoxy) is 18. The van der Waals surface area contributed by atoms with Crippen molar-refractivity contribution in [2.24, 2.45) is 0 Å². The van der Waals surface area contributed by atoms with Gasteiger partial charge in [0.2, 0.25) is 29.5 Å². The first kappa shape index (κ1) is 104. The predicted molar refractivity (Wildman–Crippen MR) is 388 cm³/mol. The Morgan fingerprint density at radius 2 is 0.624 bits per heavy atom. The lowest BCUT2D eigenvalue weighted by atomic mass is 9.93. The van der Waals surface area contributed by atoms with Gasteiger partial charge in [-0.3, -0.25) is 24.0 Å². The van der Waals surface area contributed by atoms with Crippen molar-refractivity contribution < 1.29 is 247 Å². The molecule has 9 rings (SSSR count). The van der Waals surface area contributed by atoms with E-state index in [2.05, 4.69) is 26.6 Å². The number of rotatable bonds is 36. The van der Waals surface area contributed by atoms with E-state index in [4.69, 9.17) is 85.3 Å². The molecule has 9 saturated heterocycles. The van der Waals surface area contributed by atoms with Crippen LogP contribution in [-0.2, 0) is 109 Å². The molecule has 9 aliphatic rings. The average Bonchev–Trinajstić information content (AvgIpc) is 0.757. The number of hydrogen-bond donors (Lipinski definition) is 32. The zero-order valence-electron chi connectivity index (χ0n) is 67.8. The third-order valence-electron chi connectivity index (χ3n) is 22.5. The molecule has 32 N–H and O–H groups in total. The van der Waals surface area contributed by atoms with Crippen molar-refractivity contribution >= 4 is 29.5 Å². The SMILES string of the molecule is CC(=O)N[C@@H](CO)[C@@H](O)[C@H](OC1O[C@H](CO)[C@@H](OC2O[C@H](COC3O[C@H](CO)[C@@H](O)[C@H](O)[C@@H]3OC3O[C@H](CO)[C@@H](O)[C@H](O)[C@H]3NC(C)=O)[C@@H](OC3O[C@H](CO)[C@@H](O)[C@H](O)[C@H]3NC(C)=O)[C@H](OC3O[C@H](CO)[C@@H](O)[C@H](O)[C@@H]3OC3O[C@H](CO)[C@@H](OC4O[C@H](CO)[C@H](O)[C@H](O)[C@H]4O)[C@H](O)[C@H]3NC(C)=O)[C@@H]2O)[C@H](O)[C@H]1NC(C)=O)[C@H](O)COC1O[C@@H](C)[C@@H](O)[C@@H](O)[C@@H]1O. The van der Waals surface area contributed by atoms with E-state index in [0.717, 1.165) is 34.6 Å². The summed E-state index contributed by atoms with van der Waals surface area (Å²) >= 11 is 0. The summed E-state index contributed by atoms with van der Waals surface area (Å²) in [5.41, 5.74) is 0. The van der Waals surface area contributed by atoms with E-state index >= 15 is 0 Å².